The zero-order valence-corrected chi connectivity index (χ0v) is 19.2. The number of benzene rings is 2. The number of amides is 1. The fourth-order valence-corrected chi connectivity index (χ4v) is 3.43. The maximum absolute atomic E-state index is 12.1. The number of carbonyl (C=O) groups excluding carboxylic acids is 1. The zero-order valence-electron chi connectivity index (χ0n) is 18.4. The molecule has 0 atom stereocenters. The summed E-state index contributed by atoms with van der Waals surface area (Å²) < 4.78 is 16.5. The van der Waals surface area contributed by atoms with E-state index in [1.807, 2.05) is 30.3 Å². The van der Waals surface area contributed by atoms with E-state index in [0.29, 0.717) is 34.6 Å². The largest absolute Gasteiger partial charge is 0.495 e. The average molecular weight is 462 g/mol. The molecule has 7 nitrogen and oxygen atoms in total. The first kappa shape index (κ1) is 22.3. The highest BCUT2D eigenvalue weighted by Gasteiger charge is 2.14. The van der Waals surface area contributed by atoms with E-state index in [1.54, 1.807) is 31.4 Å². The minimum atomic E-state index is -0.390. The number of oxazole rings is 1. The second kappa shape index (κ2) is 9.70. The van der Waals surface area contributed by atoms with Gasteiger partial charge in [0.15, 0.2) is 10.7 Å². The lowest BCUT2D eigenvalue weighted by molar-refractivity contribution is -0.115. The smallest absolute Gasteiger partial charge is 0.250 e. The van der Waals surface area contributed by atoms with Crippen molar-refractivity contribution in [2.45, 2.75) is 19.8 Å². The number of hydrogen-bond donors (Lipinski definition) is 2. The van der Waals surface area contributed by atoms with E-state index in [-0.39, 0.29) is 11.0 Å². The van der Waals surface area contributed by atoms with Crippen LogP contribution in [0.2, 0.25) is 0 Å². The molecule has 2 N–H and O–H groups in total. The summed E-state index contributed by atoms with van der Waals surface area (Å²) in [4.78, 5) is 16.8. The Labute approximate surface area is 196 Å². The zero-order chi connectivity index (χ0) is 23.4. The molecule has 4 aromatic rings. The number of nitrogens with zero attached hydrogens (tertiary/aromatic N) is 1. The molecule has 2 aromatic carbocycles. The first-order chi connectivity index (χ1) is 15.9. The van der Waals surface area contributed by atoms with Crippen LogP contribution in [0.5, 0.6) is 5.75 Å². The van der Waals surface area contributed by atoms with Crippen LogP contribution in [0.25, 0.3) is 28.6 Å². The van der Waals surface area contributed by atoms with Crippen molar-refractivity contribution in [3.8, 4) is 17.2 Å². The van der Waals surface area contributed by atoms with Crippen molar-refractivity contribution >= 4 is 46.1 Å². The van der Waals surface area contributed by atoms with Crippen molar-refractivity contribution in [3.05, 3.63) is 72.2 Å². The molecule has 0 aliphatic carbocycles. The lowest BCUT2D eigenvalue weighted by Gasteiger charge is -2.13. The summed E-state index contributed by atoms with van der Waals surface area (Å²) in [6.07, 6.45) is 4.42. The van der Waals surface area contributed by atoms with Gasteiger partial charge in [0.25, 0.3) is 0 Å². The van der Waals surface area contributed by atoms with Crippen molar-refractivity contribution in [2.75, 3.05) is 12.4 Å². The van der Waals surface area contributed by atoms with Gasteiger partial charge >= 0.3 is 0 Å². The third-order valence-electron chi connectivity index (χ3n) is 4.95. The molecule has 0 radical (unpaired) electrons. The summed E-state index contributed by atoms with van der Waals surface area (Å²) in [6.45, 7) is 4.27. The number of aromatic nitrogens is 1. The lowest BCUT2D eigenvalue weighted by Crippen LogP contribution is -2.32. The van der Waals surface area contributed by atoms with Crippen LogP contribution in [-0.4, -0.2) is 23.1 Å². The Bertz CT molecular complexity index is 1320. The molecule has 0 spiro atoms. The van der Waals surface area contributed by atoms with Crippen molar-refractivity contribution in [2.24, 2.45) is 0 Å². The van der Waals surface area contributed by atoms with E-state index in [0.717, 1.165) is 11.1 Å². The maximum atomic E-state index is 12.1. The minimum Gasteiger partial charge on any atom is -0.495 e. The van der Waals surface area contributed by atoms with Gasteiger partial charge in [0, 0.05) is 11.6 Å². The Morgan fingerprint density at radius 1 is 1.18 bits per heavy atom. The van der Waals surface area contributed by atoms with Crippen LogP contribution in [0.3, 0.4) is 0 Å². The highest BCUT2D eigenvalue weighted by Crippen LogP contribution is 2.32. The quantitative estimate of drug-likeness (QED) is 0.279. The summed E-state index contributed by atoms with van der Waals surface area (Å²) in [5.41, 5.74) is 4.02. The number of carbonyl (C=O) groups is 1. The molecule has 0 unspecified atom stereocenters. The van der Waals surface area contributed by atoms with Gasteiger partial charge in [-0.3, -0.25) is 10.1 Å². The molecule has 0 fully saturated rings. The van der Waals surface area contributed by atoms with Gasteiger partial charge in [0.05, 0.1) is 19.1 Å². The second-order valence-electron chi connectivity index (χ2n) is 7.61. The van der Waals surface area contributed by atoms with E-state index < -0.39 is 0 Å². The molecule has 8 heteroatoms. The van der Waals surface area contributed by atoms with Gasteiger partial charge in [-0.25, -0.2) is 4.98 Å². The van der Waals surface area contributed by atoms with Crippen LogP contribution in [0, 0.1) is 0 Å². The van der Waals surface area contributed by atoms with Crippen LogP contribution >= 0.6 is 12.2 Å². The number of furan rings is 1. The molecule has 0 bridgehead atoms. The number of anilines is 1. The molecule has 2 aromatic heterocycles. The van der Waals surface area contributed by atoms with Crippen LogP contribution in [0.15, 0.2) is 69.7 Å². The normalized spacial score (nSPS) is 11.3. The van der Waals surface area contributed by atoms with E-state index in [1.165, 1.54) is 17.9 Å². The number of ether oxygens (including phenoxy) is 1. The topological polar surface area (TPSA) is 89.5 Å². The van der Waals surface area contributed by atoms with Gasteiger partial charge in [-0.05, 0) is 72.2 Å². The Kier molecular flexibility index (Phi) is 6.55. The average Bonchev–Trinajstić information content (AvgIpc) is 3.46. The predicted octanol–water partition coefficient (Wildman–Crippen LogP) is 5.75. The molecule has 33 heavy (non-hydrogen) atoms. The number of thiocarbonyl (C=S) groups is 1. The fourth-order valence-electron chi connectivity index (χ4n) is 3.22. The molecule has 4 rings (SSSR count). The lowest BCUT2D eigenvalue weighted by atomic mass is 10.0. The van der Waals surface area contributed by atoms with Crippen LogP contribution in [0.4, 0.5) is 5.69 Å². The first-order valence-electron chi connectivity index (χ1n) is 10.4. The molecule has 0 aliphatic heterocycles. The first-order valence-corrected chi connectivity index (χ1v) is 10.8. The number of nitrogens with one attached hydrogen (secondary N) is 2. The third-order valence-corrected chi connectivity index (χ3v) is 5.16. The van der Waals surface area contributed by atoms with Gasteiger partial charge in [-0.15, -0.1) is 0 Å². The summed E-state index contributed by atoms with van der Waals surface area (Å²) >= 11 is 5.29. The molecule has 0 aliphatic rings. The van der Waals surface area contributed by atoms with Gasteiger partial charge in [-0.1, -0.05) is 19.9 Å². The van der Waals surface area contributed by atoms with Crippen molar-refractivity contribution in [1.29, 1.82) is 0 Å². The summed E-state index contributed by atoms with van der Waals surface area (Å²) in [5, 5.41) is 5.72. The van der Waals surface area contributed by atoms with Crippen LogP contribution in [0.1, 0.15) is 31.1 Å². The van der Waals surface area contributed by atoms with Gasteiger partial charge in [0.1, 0.15) is 17.0 Å². The summed E-state index contributed by atoms with van der Waals surface area (Å²) in [5.74, 6) is 1.61. The molecule has 0 saturated heterocycles. The second-order valence-corrected chi connectivity index (χ2v) is 8.02. The van der Waals surface area contributed by atoms with Crippen LogP contribution < -0.4 is 15.4 Å². The monoisotopic (exact) mass is 461 g/mol. The van der Waals surface area contributed by atoms with Gasteiger partial charge < -0.3 is 18.9 Å². The molecule has 1 amide bonds. The van der Waals surface area contributed by atoms with Crippen molar-refractivity contribution in [3.63, 3.8) is 0 Å². The summed E-state index contributed by atoms with van der Waals surface area (Å²) in [7, 11) is 1.56. The third kappa shape index (κ3) is 5.30. The van der Waals surface area contributed by atoms with Crippen molar-refractivity contribution < 1.29 is 18.4 Å². The van der Waals surface area contributed by atoms with E-state index >= 15 is 0 Å². The minimum absolute atomic E-state index is 0.124. The molecular formula is C25H23N3O4S. The molecular weight excluding hydrogens is 438 g/mol. The number of rotatable bonds is 6. The van der Waals surface area contributed by atoms with E-state index in [9.17, 15) is 4.79 Å². The summed E-state index contributed by atoms with van der Waals surface area (Å²) in [6, 6.07) is 14.9. The number of fused-ring (bicyclic) bond motifs is 1. The molecule has 2 heterocycles. The fraction of sp³-hybridized carbons (Fsp3) is 0.160. The van der Waals surface area contributed by atoms with Crippen molar-refractivity contribution in [1.82, 2.24) is 10.3 Å². The Morgan fingerprint density at radius 3 is 2.76 bits per heavy atom. The van der Waals surface area contributed by atoms with Crippen LogP contribution in [-0.2, 0) is 4.79 Å². The Hall–Kier alpha value is -3.91. The van der Waals surface area contributed by atoms with Gasteiger partial charge in [-0.2, -0.15) is 0 Å². The molecule has 0 saturated carbocycles. The number of hydrogen-bond acceptors (Lipinski definition) is 6. The van der Waals surface area contributed by atoms with E-state index in [4.69, 9.17) is 25.8 Å². The standard InChI is InChI=1S/C25H23N3O4S/c1-15(2)16-6-10-22-20(13-16)26-24(32-22)17-7-9-21(30-3)19(14-17)27-25(33)28-23(29)11-8-18-5-4-12-31-18/h4-15H,1-3H3,(H2,27,28,29,33)/b11-8+. The SMILES string of the molecule is COc1ccc(-c2nc3cc(C(C)C)ccc3o2)cc1NC(=S)NC(=O)/C=C/c1ccco1. The molecule has 168 valence electrons. The Balaban J connectivity index is 1.52. The maximum Gasteiger partial charge on any atom is 0.250 e. The highest BCUT2D eigenvalue weighted by molar-refractivity contribution is 7.80. The predicted molar refractivity (Wildman–Crippen MR) is 132 cm³/mol. The number of methoxy groups -OCH3 is 1. The Morgan fingerprint density at radius 2 is 2.03 bits per heavy atom. The van der Waals surface area contributed by atoms with E-state index in [2.05, 4.69) is 29.5 Å². The van der Waals surface area contributed by atoms with Gasteiger partial charge in [0.2, 0.25) is 11.8 Å². The highest BCUT2D eigenvalue weighted by atomic mass is 32.1.